The van der Waals surface area contributed by atoms with Crippen LogP contribution in [0, 0.1) is 0 Å². The summed E-state index contributed by atoms with van der Waals surface area (Å²) in [4.78, 5) is 0. The second-order valence-electron chi connectivity index (χ2n) is 2.79. The van der Waals surface area contributed by atoms with Gasteiger partial charge in [0, 0.05) is 12.7 Å². The Labute approximate surface area is 66.3 Å². The molecule has 0 spiro atoms. The molecule has 0 bridgehead atoms. The largest absolute Gasteiger partial charge is 0.377 e. The summed E-state index contributed by atoms with van der Waals surface area (Å²) in [6.07, 6.45) is 1.75. The van der Waals surface area contributed by atoms with E-state index < -0.39 is 0 Å². The van der Waals surface area contributed by atoms with Crippen molar-refractivity contribution in [3.05, 3.63) is 17.5 Å². The fraction of sp³-hybridized carbons (Fsp3) is 0.625. The first-order valence-electron chi connectivity index (χ1n) is 3.68. The normalized spacial score (nSPS) is 10.9. The SMILES string of the molecule is COCc1oncc1C(C)C. The molecule has 0 atom stereocenters. The predicted molar refractivity (Wildman–Crippen MR) is 41.3 cm³/mol. The predicted octanol–water partition coefficient (Wildman–Crippen LogP) is 1.94. The first kappa shape index (κ1) is 8.27. The van der Waals surface area contributed by atoms with Crippen LogP contribution < -0.4 is 0 Å². The van der Waals surface area contributed by atoms with Crippen LogP contribution in [-0.4, -0.2) is 12.3 Å². The summed E-state index contributed by atoms with van der Waals surface area (Å²) in [5.41, 5.74) is 1.13. The Morgan fingerprint density at radius 1 is 1.64 bits per heavy atom. The van der Waals surface area contributed by atoms with Crippen molar-refractivity contribution in [2.45, 2.75) is 26.4 Å². The molecule has 11 heavy (non-hydrogen) atoms. The molecule has 62 valence electrons. The van der Waals surface area contributed by atoms with Crippen molar-refractivity contribution in [2.24, 2.45) is 0 Å². The highest BCUT2D eigenvalue weighted by atomic mass is 16.5. The molecular weight excluding hydrogens is 142 g/mol. The van der Waals surface area contributed by atoms with E-state index >= 15 is 0 Å². The van der Waals surface area contributed by atoms with E-state index in [4.69, 9.17) is 9.26 Å². The van der Waals surface area contributed by atoms with Crippen LogP contribution >= 0.6 is 0 Å². The van der Waals surface area contributed by atoms with Crippen molar-refractivity contribution in [2.75, 3.05) is 7.11 Å². The van der Waals surface area contributed by atoms with Gasteiger partial charge in [-0.15, -0.1) is 0 Å². The lowest BCUT2D eigenvalue weighted by Gasteiger charge is -2.01. The van der Waals surface area contributed by atoms with Crippen molar-refractivity contribution in [3.63, 3.8) is 0 Å². The Morgan fingerprint density at radius 2 is 2.36 bits per heavy atom. The number of rotatable bonds is 3. The van der Waals surface area contributed by atoms with E-state index in [1.165, 1.54) is 0 Å². The third-order valence-corrected chi connectivity index (χ3v) is 1.57. The second kappa shape index (κ2) is 3.53. The van der Waals surface area contributed by atoms with E-state index in [0.29, 0.717) is 12.5 Å². The second-order valence-corrected chi connectivity index (χ2v) is 2.79. The first-order valence-corrected chi connectivity index (χ1v) is 3.68. The zero-order chi connectivity index (χ0) is 8.27. The van der Waals surface area contributed by atoms with Crippen LogP contribution in [0.5, 0.6) is 0 Å². The maximum Gasteiger partial charge on any atom is 0.165 e. The number of ether oxygens (including phenoxy) is 1. The standard InChI is InChI=1S/C8H13NO2/c1-6(2)7-4-9-11-8(7)5-10-3/h4,6H,5H2,1-3H3. The minimum Gasteiger partial charge on any atom is -0.377 e. The molecule has 1 heterocycles. The van der Waals surface area contributed by atoms with Crippen molar-refractivity contribution in [1.29, 1.82) is 0 Å². The molecule has 0 aromatic carbocycles. The van der Waals surface area contributed by atoms with Gasteiger partial charge in [-0.2, -0.15) is 0 Å². The van der Waals surface area contributed by atoms with Crippen LogP contribution in [0.25, 0.3) is 0 Å². The molecule has 0 fully saturated rings. The number of hydrogen-bond acceptors (Lipinski definition) is 3. The maximum atomic E-state index is 4.99. The number of hydrogen-bond donors (Lipinski definition) is 0. The summed E-state index contributed by atoms with van der Waals surface area (Å²) >= 11 is 0. The van der Waals surface area contributed by atoms with E-state index in [1.54, 1.807) is 13.3 Å². The molecule has 0 saturated heterocycles. The van der Waals surface area contributed by atoms with Crippen molar-refractivity contribution in [3.8, 4) is 0 Å². The minimum atomic E-state index is 0.450. The average molecular weight is 155 g/mol. The van der Waals surface area contributed by atoms with Crippen LogP contribution in [0.3, 0.4) is 0 Å². The molecule has 0 amide bonds. The summed E-state index contributed by atoms with van der Waals surface area (Å²) in [7, 11) is 1.65. The third kappa shape index (κ3) is 1.80. The van der Waals surface area contributed by atoms with E-state index in [0.717, 1.165) is 11.3 Å². The first-order chi connectivity index (χ1) is 5.25. The Kier molecular flexibility index (Phi) is 2.65. The van der Waals surface area contributed by atoms with E-state index in [2.05, 4.69) is 19.0 Å². The van der Waals surface area contributed by atoms with Crippen LogP contribution in [0.1, 0.15) is 31.1 Å². The Balaban J connectivity index is 2.78. The maximum absolute atomic E-state index is 4.99. The fourth-order valence-electron chi connectivity index (χ4n) is 0.983. The third-order valence-electron chi connectivity index (χ3n) is 1.57. The molecule has 0 aliphatic heterocycles. The summed E-state index contributed by atoms with van der Waals surface area (Å²) in [6.45, 7) is 4.71. The molecule has 0 unspecified atom stereocenters. The van der Waals surface area contributed by atoms with Gasteiger partial charge in [0.1, 0.15) is 6.61 Å². The summed E-state index contributed by atoms with van der Waals surface area (Å²) in [5, 5.41) is 3.71. The van der Waals surface area contributed by atoms with Gasteiger partial charge in [-0.3, -0.25) is 0 Å². The van der Waals surface area contributed by atoms with E-state index in [1.807, 2.05) is 0 Å². The van der Waals surface area contributed by atoms with Gasteiger partial charge in [-0.1, -0.05) is 19.0 Å². The number of aromatic nitrogens is 1. The van der Waals surface area contributed by atoms with Gasteiger partial charge in [0.25, 0.3) is 0 Å². The Bertz CT molecular complexity index is 218. The Hall–Kier alpha value is -0.830. The molecule has 3 nitrogen and oxygen atoms in total. The quantitative estimate of drug-likeness (QED) is 0.669. The van der Waals surface area contributed by atoms with Crippen LogP contribution in [0.15, 0.2) is 10.7 Å². The topological polar surface area (TPSA) is 35.3 Å². The lowest BCUT2D eigenvalue weighted by atomic mass is 10.1. The van der Waals surface area contributed by atoms with Gasteiger partial charge >= 0.3 is 0 Å². The zero-order valence-electron chi connectivity index (χ0n) is 7.13. The Morgan fingerprint density at radius 3 is 2.91 bits per heavy atom. The number of methoxy groups -OCH3 is 1. The molecule has 1 rings (SSSR count). The summed E-state index contributed by atoms with van der Waals surface area (Å²) in [5.74, 6) is 1.29. The minimum absolute atomic E-state index is 0.450. The zero-order valence-corrected chi connectivity index (χ0v) is 7.13. The van der Waals surface area contributed by atoms with Crippen LogP contribution in [0.2, 0.25) is 0 Å². The van der Waals surface area contributed by atoms with Gasteiger partial charge in [0.15, 0.2) is 5.76 Å². The molecular formula is C8H13NO2. The van der Waals surface area contributed by atoms with Gasteiger partial charge in [-0.25, -0.2) is 0 Å². The molecule has 3 heteroatoms. The van der Waals surface area contributed by atoms with E-state index in [-0.39, 0.29) is 0 Å². The highest BCUT2D eigenvalue weighted by Crippen LogP contribution is 2.18. The molecule has 0 N–H and O–H groups in total. The average Bonchev–Trinajstić information content (AvgIpc) is 2.36. The van der Waals surface area contributed by atoms with Crippen LogP contribution in [-0.2, 0) is 11.3 Å². The van der Waals surface area contributed by atoms with Gasteiger partial charge in [-0.05, 0) is 5.92 Å². The molecule has 0 radical (unpaired) electrons. The highest BCUT2D eigenvalue weighted by Gasteiger charge is 2.10. The number of nitrogens with zero attached hydrogens (tertiary/aromatic N) is 1. The van der Waals surface area contributed by atoms with Crippen molar-refractivity contribution in [1.82, 2.24) is 5.16 Å². The lowest BCUT2D eigenvalue weighted by Crippen LogP contribution is -1.92. The van der Waals surface area contributed by atoms with Crippen LogP contribution in [0.4, 0.5) is 0 Å². The van der Waals surface area contributed by atoms with Gasteiger partial charge < -0.3 is 9.26 Å². The summed E-state index contributed by atoms with van der Waals surface area (Å²) in [6, 6.07) is 0. The smallest absolute Gasteiger partial charge is 0.165 e. The molecule has 0 aliphatic carbocycles. The fourth-order valence-corrected chi connectivity index (χ4v) is 0.983. The van der Waals surface area contributed by atoms with Gasteiger partial charge in [0.05, 0.1) is 6.20 Å². The molecule has 0 aliphatic rings. The monoisotopic (exact) mass is 155 g/mol. The summed E-state index contributed by atoms with van der Waals surface area (Å²) < 4.78 is 9.93. The molecule has 1 aromatic heterocycles. The van der Waals surface area contributed by atoms with Gasteiger partial charge in [0.2, 0.25) is 0 Å². The van der Waals surface area contributed by atoms with Crippen molar-refractivity contribution >= 4 is 0 Å². The molecule has 0 saturated carbocycles. The molecule has 1 aromatic rings. The highest BCUT2D eigenvalue weighted by molar-refractivity contribution is 5.16. The van der Waals surface area contributed by atoms with Crippen molar-refractivity contribution < 1.29 is 9.26 Å². The lowest BCUT2D eigenvalue weighted by molar-refractivity contribution is 0.154. The van der Waals surface area contributed by atoms with E-state index in [9.17, 15) is 0 Å².